The van der Waals surface area contributed by atoms with Crippen LogP contribution in [0.5, 0.6) is 0 Å². The summed E-state index contributed by atoms with van der Waals surface area (Å²) in [7, 11) is 0. The third-order valence-electron chi connectivity index (χ3n) is 4.42. The highest BCUT2D eigenvalue weighted by molar-refractivity contribution is 5.22. The zero-order valence-electron chi connectivity index (χ0n) is 12.7. The molecule has 0 fully saturated rings. The largest absolute Gasteiger partial charge is 0.335 e. The van der Waals surface area contributed by atoms with Crippen LogP contribution in [0.4, 0.5) is 8.78 Å². The summed E-state index contributed by atoms with van der Waals surface area (Å²) < 4.78 is 29.2. The molecule has 1 aromatic carbocycles. The molecule has 1 aliphatic heterocycles. The minimum atomic E-state index is -0.537. The van der Waals surface area contributed by atoms with Crippen molar-refractivity contribution in [1.82, 2.24) is 14.9 Å². The minimum absolute atomic E-state index is 0.106. The van der Waals surface area contributed by atoms with Crippen LogP contribution >= 0.6 is 0 Å². The molecule has 0 radical (unpaired) electrons. The number of nitrogens with one attached hydrogen (secondary N) is 1. The van der Waals surface area contributed by atoms with E-state index in [9.17, 15) is 8.78 Å². The van der Waals surface area contributed by atoms with Crippen molar-refractivity contribution in [2.75, 3.05) is 6.54 Å². The van der Waals surface area contributed by atoms with Crippen LogP contribution in [-0.4, -0.2) is 16.1 Å². The normalized spacial score (nSPS) is 19.0. The number of hydrogen-bond donors (Lipinski definition) is 1. The number of fused-ring (bicyclic) bond motifs is 1. The molecule has 118 valence electrons. The molecule has 1 N–H and O–H groups in total. The van der Waals surface area contributed by atoms with E-state index in [0.29, 0.717) is 11.5 Å². The quantitative estimate of drug-likeness (QED) is 0.911. The highest BCUT2D eigenvalue weighted by atomic mass is 19.1. The zero-order valence-corrected chi connectivity index (χ0v) is 12.7. The van der Waals surface area contributed by atoms with Crippen LogP contribution in [0.1, 0.15) is 49.5 Å². The first-order valence-corrected chi connectivity index (χ1v) is 7.88. The van der Waals surface area contributed by atoms with E-state index in [1.54, 1.807) is 0 Å². The molecule has 1 aromatic heterocycles. The average Bonchev–Trinajstić information content (AvgIpc) is 2.98. The van der Waals surface area contributed by atoms with Crippen LogP contribution in [0.25, 0.3) is 0 Å². The topological polar surface area (TPSA) is 29.9 Å². The SMILES string of the molecule is CC[C@H](NC[C@@H]1CCCn2ccnc21)c1ccc(F)cc1F. The number of aryl methyl sites for hydroxylation is 1. The summed E-state index contributed by atoms with van der Waals surface area (Å²) >= 11 is 0. The summed E-state index contributed by atoms with van der Waals surface area (Å²) in [6.45, 7) is 3.78. The van der Waals surface area contributed by atoms with E-state index >= 15 is 0 Å². The molecule has 2 aromatic rings. The maximum Gasteiger partial charge on any atom is 0.130 e. The van der Waals surface area contributed by atoms with Gasteiger partial charge in [-0.3, -0.25) is 0 Å². The van der Waals surface area contributed by atoms with Gasteiger partial charge in [-0.25, -0.2) is 13.8 Å². The molecule has 22 heavy (non-hydrogen) atoms. The van der Waals surface area contributed by atoms with Crippen LogP contribution in [0.2, 0.25) is 0 Å². The molecule has 2 heterocycles. The molecule has 1 aliphatic rings. The van der Waals surface area contributed by atoms with Gasteiger partial charge in [0.05, 0.1) is 0 Å². The van der Waals surface area contributed by atoms with Crippen molar-refractivity contribution in [3.8, 4) is 0 Å². The lowest BCUT2D eigenvalue weighted by atomic mass is 9.97. The molecule has 0 unspecified atom stereocenters. The number of imidazole rings is 1. The van der Waals surface area contributed by atoms with E-state index in [-0.39, 0.29) is 6.04 Å². The average molecular weight is 305 g/mol. The number of nitrogens with zero attached hydrogens (tertiary/aromatic N) is 2. The van der Waals surface area contributed by atoms with Gasteiger partial charge in [-0.15, -0.1) is 0 Å². The summed E-state index contributed by atoms with van der Waals surface area (Å²) in [6, 6.07) is 3.70. The monoisotopic (exact) mass is 305 g/mol. The number of hydrogen-bond acceptors (Lipinski definition) is 2. The maximum atomic E-state index is 13.9. The van der Waals surface area contributed by atoms with Crippen molar-refractivity contribution in [2.45, 2.75) is 44.7 Å². The third kappa shape index (κ3) is 3.04. The van der Waals surface area contributed by atoms with E-state index in [1.165, 1.54) is 12.1 Å². The lowest BCUT2D eigenvalue weighted by Crippen LogP contribution is -2.30. The number of aromatic nitrogens is 2. The molecule has 0 amide bonds. The molecule has 5 heteroatoms. The Morgan fingerprint density at radius 3 is 3.05 bits per heavy atom. The summed E-state index contributed by atoms with van der Waals surface area (Å²) in [5, 5.41) is 3.43. The summed E-state index contributed by atoms with van der Waals surface area (Å²) in [6.07, 6.45) is 6.83. The second kappa shape index (κ2) is 6.57. The molecule has 3 nitrogen and oxygen atoms in total. The Morgan fingerprint density at radius 2 is 2.27 bits per heavy atom. The van der Waals surface area contributed by atoms with Crippen LogP contribution in [0, 0.1) is 11.6 Å². The van der Waals surface area contributed by atoms with Crippen molar-refractivity contribution in [2.24, 2.45) is 0 Å². The number of benzene rings is 1. The van der Waals surface area contributed by atoms with Gasteiger partial charge in [0.1, 0.15) is 17.5 Å². The second-order valence-corrected chi connectivity index (χ2v) is 5.85. The van der Waals surface area contributed by atoms with Crippen LogP contribution < -0.4 is 5.32 Å². The standard InChI is InChI=1S/C17H21F2N3/c1-2-16(14-6-5-13(18)10-15(14)19)21-11-12-4-3-8-22-9-7-20-17(12)22/h5-7,9-10,12,16,21H,2-4,8,11H2,1H3/t12-,16-/m0/s1. The van der Waals surface area contributed by atoms with Gasteiger partial charge in [0.25, 0.3) is 0 Å². The first-order valence-electron chi connectivity index (χ1n) is 7.88. The van der Waals surface area contributed by atoms with Gasteiger partial charge in [-0.1, -0.05) is 13.0 Å². The third-order valence-corrected chi connectivity index (χ3v) is 4.42. The van der Waals surface area contributed by atoms with Crippen molar-refractivity contribution >= 4 is 0 Å². The molecule has 0 bridgehead atoms. The molecule has 0 saturated heterocycles. The van der Waals surface area contributed by atoms with Crippen molar-refractivity contribution < 1.29 is 8.78 Å². The van der Waals surface area contributed by atoms with E-state index in [1.807, 2.05) is 19.3 Å². The first kappa shape index (κ1) is 15.2. The van der Waals surface area contributed by atoms with Gasteiger partial charge in [0.2, 0.25) is 0 Å². The van der Waals surface area contributed by atoms with Crippen molar-refractivity contribution in [3.05, 3.63) is 53.6 Å². The Balaban J connectivity index is 1.70. The fourth-order valence-electron chi connectivity index (χ4n) is 3.24. The highest BCUT2D eigenvalue weighted by Gasteiger charge is 2.23. The predicted molar refractivity (Wildman–Crippen MR) is 81.6 cm³/mol. The lowest BCUT2D eigenvalue weighted by molar-refractivity contribution is 0.393. The summed E-state index contributed by atoms with van der Waals surface area (Å²) in [5.41, 5.74) is 0.531. The number of rotatable bonds is 5. The molecular weight excluding hydrogens is 284 g/mol. The molecule has 0 aliphatic carbocycles. The molecule has 0 spiro atoms. The van der Waals surface area contributed by atoms with Crippen LogP contribution in [0.15, 0.2) is 30.6 Å². The maximum absolute atomic E-state index is 13.9. The Bertz CT molecular complexity index is 639. The highest BCUT2D eigenvalue weighted by Crippen LogP contribution is 2.27. The zero-order chi connectivity index (χ0) is 15.5. The first-order chi connectivity index (χ1) is 10.7. The fraction of sp³-hybridized carbons (Fsp3) is 0.471. The Morgan fingerprint density at radius 1 is 1.41 bits per heavy atom. The van der Waals surface area contributed by atoms with Crippen molar-refractivity contribution in [3.63, 3.8) is 0 Å². The van der Waals surface area contributed by atoms with Gasteiger partial charge in [-0.05, 0) is 25.3 Å². The van der Waals surface area contributed by atoms with Gasteiger partial charge in [-0.2, -0.15) is 0 Å². The lowest BCUT2D eigenvalue weighted by Gasteiger charge is -2.26. The van der Waals surface area contributed by atoms with Crippen LogP contribution in [0.3, 0.4) is 0 Å². The van der Waals surface area contributed by atoms with Gasteiger partial charge >= 0.3 is 0 Å². The smallest absolute Gasteiger partial charge is 0.130 e. The summed E-state index contributed by atoms with van der Waals surface area (Å²) in [5.74, 6) is 0.435. The van der Waals surface area contributed by atoms with E-state index in [4.69, 9.17) is 0 Å². The summed E-state index contributed by atoms with van der Waals surface area (Å²) in [4.78, 5) is 4.44. The molecule has 2 atom stereocenters. The Labute approximate surface area is 129 Å². The molecule has 3 rings (SSSR count). The van der Waals surface area contributed by atoms with E-state index < -0.39 is 11.6 Å². The second-order valence-electron chi connectivity index (χ2n) is 5.85. The van der Waals surface area contributed by atoms with E-state index in [0.717, 1.165) is 44.2 Å². The van der Waals surface area contributed by atoms with Gasteiger partial charge < -0.3 is 9.88 Å². The Hall–Kier alpha value is -1.75. The van der Waals surface area contributed by atoms with E-state index in [2.05, 4.69) is 14.9 Å². The van der Waals surface area contributed by atoms with Gasteiger partial charge in [0, 0.05) is 49.1 Å². The molecular formula is C17H21F2N3. The van der Waals surface area contributed by atoms with Crippen LogP contribution in [-0.2, 0) is 6.54 Å². The fourth-order valence-corrected chi connectivity index (χ4v) is 3.24. The predicted octanol–water partition coefficient (Wildman–Crippen LogP) is 3.78. The molecule has 0 saturated carbocycles. The van der Waals surface area contributed by atoms with Crippen molar-refractivity contribution in [1.29, 1.82) is 0 Å². The van der Waals surface area contributed by atoms with Gasteiger partial charge in [0.15, 0.2) is 0 Å². The Kier molecular flexibility index (Phi) is 4.52. The number of halogens is 2. The minimum Gasteiger partial charge on any atom is -0.335 e.